The molecular weight excluding hydrogens is 364 g/mol. The Hall–Kier alpha value is -1.73. The Balaban J connectivity index is 1.56. The van der Waals surface area contributed by atoms with Crippen molar-refractivity contribution < 1.29 is 19.1 Å². The number of ether oxygens (including phenoxy) is 1. The van der Waals surface area contributed by atoms with Gasteiger partial charge in [-0.25, -0.2) is 4.79 Å². The zero-order valence-electron chi connectivity index (χ0n) is 14.0. The highest BCUT2D eigenvalue weighted by atomic mass is 35.5. The average molecular weight is 383 g/mol. The molecule has 2 fully saturated rings. The van der Waals surface area contributed by atoms with Gasteiger partial charge in [-0.1, -0.05) is 17.7 Å². The highest BCUT2D eigenvalue weighted by Crippen LogP contribution is 2.47. The van der Waals surface area contributed by atoms with Crippen molar-refractivity contribution in [2.45, 2.75) is 37.6 Å². The zero-order valence-corrected chi connectivity index (χ0v) is 15.6. The molecule has 2 aliphatic rings. The van der Waals surface area contributed by atoms with Gasteiger partial charge in [-0.3, -0.25) is 9.59 Å². The second kappa shape index (κ2) is 6.88. The first-order valence-electron chi connectivity index (χ1n) is 7.99. The van der Waals surface area contributed by atoms with Gasteiger partial charge in [0.25, 0.3) is 5.91 Å². The topological polar surface area (TPSA) is 75.7 Å². The molecule has 2 heterocycles. The second-order valence-corrected chi connectivity index (χ2v) is 8.24. The summed E-state index contributed by atoms with van der Waals surface area (Å²) < 4.78 is 5.14. The number of hydrogen-bond acceptors (Lipinski definition) is 5. The van der Waals surface area contributed by atoms with Crippen LogP contribution in [0.1, 0.15) is 25.3 Å². The quantitative estimate of drug-likeness (QED) is 0.810. The van der Waals surface area contributed by atoms with Crippen molar-refractivity contribution in [3.63, 3.8) is 0 Å². The van der Waals surface area contributed by atoms with E-state index in [1.165, 1.54) is 0 Å². The molecule has 1 N–H and O–H groups in total. The first kappa shape index (κ1) is 18.1. The van der Waals surface area contributed by atoms with Crippen LogP contribution in [0, 0.1) is 6.92 Å². The maximum atomic E-state index is 12.3. The molecule has 8 heteroatoms. The summed E-state index contributed by atoms with van der Waals surface area (Å²) in [5.41, 5.74) is 1.32. The lowest BCUT2D eigenvalue weighted by Crippen LogP contribution is -2.47. The molecule has 0 bridgehead atoms. The lowest BCUT2D eigenvalue weighted by Gasteiger charge is -2.29. The van der Waals surface area contributed by atoms with E-state index in [0.29, 0.717) is 22.9 Å². The number of carbonyl (C=O) groups excluding carboxylic acids is 3. The van der Waals surface area contributed by atoms with Crippen molar-refractivity contribution in [3.8, 4) is 0 Å². The van der Waals surface area contributed by atoms with Crippen LogP contribution in [-0.4, -0.2) is 46.0 Å². The average Bonchev–Trinajstić information content (AvgIpc) is 3.06. The molecule has 0 aromatic heterocycles. The molecule has 0 radical (unpaired) electrons. The molecule has 2 atom stereocenters. The van der Waals surface area contributed by atoms with Crippen LogP contribution in [0.3, 0.4) is 0 Å². The Morgan fingerprint density at radius 1 is 1.48 bits per heavy atom. The molecule has 2 aliphatic heterocycles. The Labute approximate surface area is 155 Å². The van der Waals surface area contributed by atoms with Crippen molar-refractivity contribution in [1.29, 1.82) is 0 Å². The third-order valence-electron chi connectivity index (χ3n) is 4.60. The predicted molar refractivity (Wildman–Crippen MR) is 96.5 cm³/mol. The summed E-state index contributed by atoms with van der Waals surface area (Å²) in [6, 6.07) is 4.56. The maximum absolute atomic E-state index is 12.3. The predicted octanol–water partition coefficient (Wildman–Crippen LogP) is 2.58. The number of rotatable bonds is 4. The molecule has 6 nitrogen and oxygen atoms in total. The lowest BCUT2D eigenvalue weighted by atomic mass is 10.2. The van der Waals surface area contributed by atoms with E-state index in [0.717, 1.165) is 12.0 Å². The number of nitrogens with one attached hydrogen (secondary N) is 1. The molecule has 25 heavy (non-hydrogen) atoms. The number of hydrogen-bond donors (Lipinski definition) is 1. The number of benzene rings is 1. The lowest BCUT2D eigenvalue weighted by molar-refractivity contribution is -0.155. The first-order chi connectivity index (χ1) is 11.8. The van der Waals surface area contributed by atoms with Crippen LogP contribution in [0.5, 0.6) is 0 Å². The van der Waals surface area contributed by atoms with Gasteiger partial charge in [-0.15, -0.1) is 11.8 Å². The number of carbonyl (C=O) groups is 3. The SMILES string of the molecule is Cc1c(Cl)cccc1NC(=O)COC(=O)[C@@H]1CS[C@]2(C)CCC(=O)N12. The van der Waals surface area contributed by atoms with Crippen LogP contribution in [-0.2, 0) is 19.1 Å². The van der Waals surface area contributed by atoms with Crippen molar-refractivity contribution in [2.24, 2.45) is 0 Å². The van der Waals surface area contributed by atoms with E-state index in [2.05, 4.69) is 5.32 Å². The minimum absolute atomic E-state index is 0.0338. The number of nitrogens with zero attached hydrogens (tertiary/aromatic N) is 1. The van der Waals surface area contributed by atoms with Gasteiger partial charge >= 0.3 is 5.97 Å². The molecule has 0 saturated carbocycles. The Kier molecular flexibility index (Phi) is 4.97. The number of thioether (sulfide) groups is 1. The fraction of sp³-hybridized carbons (Fsp3) is 0.471. The number of esters is 1. The number of halogens is 1. The van der Waals surface area contributed by atoms with Gasteiger partial charge in [0, 0.05) is 22.9 Å². The van der Waals surface area contributed by atoms with E-state index >= 15 is 0 Å². The summed E-state index contributed by atoms with van der Waals surface area (Å²) in [6.45, 7) is 3.36. The molecule has 134 valence electrons. The van der Waals surface area contributed by atoms with E-state index < -0.39 is 24.5 Å². The molecule has 1 aromatic rings. The van der Waals surface area contributed by atoms with Gasteiger partial charge < -0.3 is 15.0 Å². The molecule has 2 amide bonds. The number of anilines is 1. The van der Waals surface area contributed by atoms with E-state index in [9.17, 15) is 14.4 Å². The van der Waals surface area contributed by atoms with Gasteiger partial charge in [0.2, 0.25) is 5.91 Å². The summed E-state index contributed by atoms with van der Waals surface area (Å²) in [5, 5.41) is 3.22. The smallest absolute Gasteiger partial charge is 0.330 e. The third kappa shape index (κ3) is 3.48. The van der Waals surface area contributed by atoms with Crippen molar-refractivity contribution in [2.75, 3.05) is 17.7 Å². The van der Waals surface area contributed by atoms with Gasteiger partial charge in [-0.05, 0) is 38.0 Å². The van der Waals surface area contributed by atoms with E-state index in [1.54, 1.807) is 41.8 Å². The van der Waals surface area contributed by atoms with Gasteiger partial charge in [0.15, 0.2) is 6.61 Å². The van der Waals surface area contributed by atoms with Gasteiger partial charge in [-0.2, -0.15) is 0 Å². The molecule has 3 rings (SSSR count). The van der Waals surface area contributed by atoms with Crippen LogP contribution < -0.4 is 5.32 Å². The highest BCUT2D eigenvalue weighted by Gasteiger charge is 2.53. The van der Waals surface area contributed by atoms with Crippen LogP contribution >= 0.6 is 23.4 Å². The summed E-state index contributed by atoms with van der Waals surface area (Å²) >= 11 is 7.60. The molecule has 0 spiro atoms. The van der Waals surface area contributed by atoms with E-state index in [4.69, 9.17) is 16.3 Å². The Morgan fingerprint density at radius 2 is 2.24 bits per heavy atom. The summed E-state index contributed by atoms with van der Waals surface area (Å²) in [4.78, 5) is 37.7. The molecule has 2 saturated heterocycles. The minimum Gasteiger partial charge on any atom is -0.454 e. The van der Waals surface area contributed by atoms with Crippen LogP contribution in [0.4, 0.5) is 5.69 Å². The van der Waals surface area contributed by atoms with E-state index in [1.807, 2.05) is 6.92 Å². The van der Waals surface area contributed by atoms with Gasteiger partial charge in [0.1, 0.15) is 6.04 Å². The van der Waals surface area contributed by atoms with Crippen molar-refractivity contribution in [1.82, 2.24) is 4.90 Å². The fourth-order valence-corrected chi connectivity index (χ4v) is 4.75. The third-order valence-corrected chi connectivity index (χ3v) is 6.52. The van der Waals surface area contributed by atoms with Crippen LogP contribution in [0.2, 0.25) is 5.02 Å². The van der Waals surface area contributed by atoms with Gasteiger partial charge in [0.05, 0.1) is 4.87 Å². The second-order valence-electron chi connectivity index (χ2n) is 6.33. The molecule has 1 aromatic carbocycles. The number of fused-ring (bicyclic) bond motifs is 1. The minimum atomic E-state index is -0.620. The fourth-order valence-electron chi connectivity index (χ4n) is 3.16. The Morgan fingerprint density at radius 3 is 3.00 bits per heavy atom. The van der Waals surface area contributed by atoms with Crippen LogP contribution in [0.15, 0.2) is 18.2 Å². The zero-order chi connectivity index (χ0) is 18.2. The maximum Gasteiger partial charge on any atom is 0.330 e. The highest BCUT2D eigenvalue weighted by molar-refractivity contribution is 8.01. The molecule has 0 unspecified atom stereocenters. The van der Waals surface area contributed by atoms with Crippen molar-refractivity contribution in [3.05, 3.63) is 28.8 Å². The van der Waals surface area contributed by atoms with E-state index in [-0.39, 0.29) is 10.8 Å². The largest absolute Gasteiger partial charge is 0.454 e. The number of amides is 2. The Bertz CT molecular complexity index is 741. The molecular formula is C17H19ClN2O4S. The summed E-state index contributed by atoms with van der Waals surface area (Å²) in [6.07, 6.45) is 1.18. The summed E-state index contributed by atoms with van der Waals surface area (Å²) in [7, 11) is 0. The first-order valence-corrected chi connectivity index (χ1v) is 9.36. The molecule has 0 aliphatic carbocycles. The van der Waals surface area contributed by atoms with Crippen LogP contribution in [0.25, 0.3) is 0 Å². The summed E-state index contributed by atoms with van der Waals surface area (Å²) in [5.74, 6) is -0.520. The van der Waals surface area contributed by atoms with Crippen molar-refractivity contribution >= 4 is 46.8 Å². The normalized spacial score (nSPS) is 25.0. The standard InChI is InChI=1S/C17H19ClN2O4S/c1-10-11(18)4-3-5-12(10)19-14(21)8-24-16(23)13-9-25-17(2)7-6-15(22)20(13)17/h3-5,13H,6-9H2,1-2H3,(H,19,21)/t13-,17+/m0/s1. The monoisotopic (exact) mass is 382 g/mol.